The summed E-state index contributed by atoms with van der Waals surface area (Å²) in [5.74, 6) is -1.56. The van der Waals surface area contributed by atoms with Crippen molar-refractivity contribution in [2.45, 2.75) is 19.0 Å². The number of hydrogen-bond acceptors (Lipinski definition) is 3. The summed E-state index contributed by atoms with van der Waals surface area (Å²) in [5.41, 5.74) is 13.6. The summed E-state index contributed by atoms with van der Waals surface area (Å²) in [6.45, 7) is 1.58. The van der Waals surface area contributed by atoms with Gasteiger partial charge in [0.05, 0.1) is 0 Å². The second-order valence-electron chi connectivity index (χ2n) is 2.12. The maximum atomic E-state index is 10.4. The van der Waals surface area contributed by atoms with Gasteiger partial charge in [-0.3, -0.25) is 5.73 Å². The highest BCUT2D eigenvalue weighted by Gasteiger charge is 2.31. The summed E-state index contributed by atoms with van der Waals surface area (Å²) in [4.78, 5) is 13.8. The zero-order chi connectivity index (χ0) is 9.07. The number of hydrogen-bond donors (Lipinski definition) is 4. The van der Waals surface area contributed by atoms with Crippen LogP contribution >= 0.6 is 0 Å². The molecule has 7 N–H and O–H groups in total. The molecule has 0 aliphatic carbocycles. The number of carbonyl (C=O) groups is 1. The van der Waals surface area contributed by atoms with E-state index < -0.39 is 11.6 Å². The largest absolute Gasteiger partial charge is 0.478 e. The van der Waals surface area contributed by atoms with E-state index in [1.807, 2.05) is 0 Å². The molecule has 0 fully saturated rings. The topological polar surface area (TPSA) is 128 Å². The minimum absolute atomic E-state index is 0.139. The van der Waals surface area contributed by atoms with E-state index in [1.54, 1.807) is 6.92 Å². The fourth-order valence-corrected chi connectivity index (χ4v) is 0.508. The highest BCUT2D eigenvalue weighted by atomic mass is 16.4. The van der Waals surface area contributed by atoms with Crippen LogP contribution < -0.4 is 17.2 Å². The lowest BCUT2D eigenvalue weighted by Crippen LogP contribution is -2.48. The molecule has 11 heavy (non-hydrogen) atoms. The van der Waals surface area contributed by atoms with Crippen LogP contribution in [0.25, 0.3) is 0 Å². The van der Waals surface area contributed by atoms with Gasteiger partial charge in [0.1, 0.15) is 0 Å². The van der Waals surface area contributed by atoms with Crippen LogP contribution in [0.1, 0.15) is 13.3 Å². The molecule has 0 spiro atoms. The molecule has 6 nitrogen and oxygen atoms in total. The van der Waals surface area contributed by atoms with Gasteiger partial charge in [-0.25, -0.2) is 9.79 Å². The number of aliphatic carboxylic acids is 1. The normalized spacial score (nSPS) is 15.1. The van der Waals surface area contributed by atoms with Crippen molar-refractivity contribution in [3.8, 4) is 0 Å². The van der Waals surface area contributed by atoms with Gasteiger partial charge >= 0.3 is 5.97 Å². The number of rotatable bonds is 3. The average molecular weight is 160 g/mol. The summed E-state index contributed by atoms with van der Waals surface area (Å²) >= 11 is 0. The summed E-state index contributed by atoms with van der Waals surface area (Å²) < 4.78 is 0. The number of guanidine groups is 1. The molecule has 0 radical (unpaired) electrons. The van der Waals surface area contributed by atoms with Crippen molar-refractivity contribution in [1.29, 1.82) is 0 Å². The van der Waals surface area contributed by atoms with E-state index in [0.717, 1.165) is 0 Å². The van der Waals surface area contributed by atoms with Crippen LogP contribution in [-0.2, 0) is 4.79 Å². The third kappa shape index (κ3) is 2.42. The minimum atomic E-state index is -1.68. The zero-order valence-corrected chi connectivity index (χ0v) is 6.24. The molecule has 0 aromatic heterocycles. The summed E-state index contributed by atoms with van der Waals surface area (Å²) in [5, 5.41) is 8.54. The van der Waals surface area contributed by atoms with Crippen LogP contribution in [0.4, 0.5) is 0 Å². The number of nitrogens with zero attached hydrogens (tertiary/aromatic N) is 1. The Morgan fingerprint density at radius 3 is 2.18 bits per heavy atom. The van der Waals surface area contributed by atoms with E-state index in [4.69, 9.17) is 22.3 Å². The van der Waals surface area contributed by atoms with Gasteiger partial charge in [-0.15, -0.1) is 0 Å². The van der Waals surface area contributed by atoms with Gasteiger partial charge in [0, 0.05) is 0 Å². The predicted octanol–water partition coefficient (Wildman–Crippen LogP) is -1.59. The molecular weight excluding hydrogens is 148 g/mol. The molecule has 0 saturated heterocycles. The van der Waals surface area contributed by atoms with Gasteiger partial charge in [0.25, 0.3) is 0 Å². The van der Waals surface area contributed by atoms with Crippen molar-refractivity contribution in [3.05, 3.63) is 0 Å². The van der Waals surface area contributed by atoms with Crippen LogP contribution in [0.5, 0.6) is 0 Å². The highest BCUT2D eigenvalue weighted by Crippen LogP contribution is 2.07. The Bertz CT molecular complexity index is 187. The molecule has 0 amide bonds. The molecule has 1 unspecified atom stereocenters. The Balaban J connectivity index is 4.62. The minimum Gasteiger partial charge on any atom is -0.478 e. The zero-order valence-electron chi connectivity index (χ0n) is 6.24. The average Bonchev–Trinajstić information content (AvgIpc) is 1.86. The van der Waals surface area contributed by atoms with Crippen LogP contribution in [0, 0.1) is 0 Å². The van der Waals surface area contributed by atoms with E-state index in [1.165, 1.54) is 0 Å². The molecule has 0 heterocycles. The molecule has 0 saturated carbocycles. The standard InChI is InChI=1S/C5H12N4O2/c1-2-5(8,3(10)11)9-4(6)7/h2,8H2,1H3,(H,10,11)(H4,6,7,9). The maximum absolute atomic E-state index is 10.4. The molecule has 0 aliphatic rings. The summed E-state index contributed by atoms with van der Waals surface area (Å²) in [6, 6.07) is 0. The molecule has 0 aromatic carbocycles. The second kappa shape index (κ2) is 3.20. The van der Waals surface area contributed by atoms with Crippen molar-refractivity contribution >= 4 is 11.9 Å². The molecule has 6 heteroatoms. The Morgan fingerprint density at radius 2 is 2.09 bits per heavy atom. The summed E-state index contributed by atoms with van der Waals surface area (Å²) in [6.07, 6.45) is 0.139. The Hall–Kier alpha value is -1.30. The molecular formula is C5H12N4O2. The van der Waals surface area contributed by atoms with Crippen molar-refractivity contribution in [2.24, 2.45) is 22.2 Å². The first-order chi connectivity index (χ1) is 4.92. The highest BCUT2D eigenvalue weighted by molar-refractivity contribution is 5.84. The van der Waals surface area contributed by atoms with E-state index in [0.29, 0.717) is 0 Å². The van der Waals surface area contributed by atoms with Gasteiger partial charge in [-0.2, -0.15) is 0 Å². The van der Waals surface area contributed by atoms with Crippen LogP contribution in [-0.4, -0.2) is 22.7 Å². The van der Waals surface area contributed by atoms with Gasteiger partial charge in [-0.1, -0.05) is 6.92 Å². The first-order valence-electron chi connectivity index (χ1n) is 3.05. The van der Waals surface area contributed by atoms with Gasteiger partial charge in [0.2, 0.25) is 5.66 Å². The van der Waals surface area contributed by atoms with Crippen molar-refractivity contribution in [2.75, 3.05) is 0 Å². The third-order valence-corrected chi connectivity index (χ3v) is 1.24. The fourth-order valence-electron chi connectivity index (χ4n) is 0.508. The SMILES string of the molecule is CCC(N)(N=C(N)N)C(=O)O. The molecule has 0 rings (SSSR count). The lowest BCUT2D eigenvalue weighted by atomic mass is 10.1. The Kier molecular flexibility index (Phi) is 2.82. The molecule has 1 atom stereocenters. The van der Waals surface area contributed by atoms with Gasteiger partial charge < -0.3 is 16.6 Å². The monoisotopic (exact) mass is 160 g/mol. The predicted molar refractivity (Wildman–Crippen MR) is 40.7 cm³/mol. The van der Waals surface area contributed by atoms with E-state index in [9.17, 15) is 4.79 Å². The first-order valence-corrected chi connectivity index (χ1v) is 3.05. The van der Waals surface area contributed by atoms with Gasteiger partial charge in [-0.05, 0) is 6.42 Å². The molecule has 0 aromatic rings. The number of nitrogens with two attached hydrogens (primary N) is 3. The van der Waals surface area contributed by atoms with Crippen molar-refractivity contribution < 1.29 is 9.90 Å². The lowest BCUT2D eigenvalue weighted by Gasteiger charge is -2.17. The van der Waals surface area contributed by atoms with Gasteiger partial charge in [0.15, 0.2) is 5.96 Å². The quantitative estimate of drug-likeness (QED) is 0.292. The first kappa shape index (κ1) is 9.70. The second-order valence-corrected chi connectivity index (χ2v) is 2.12. The molecule has 0 bridgehead atoms. The fraction of sp³-hybridized carbons (Fsp3) is 0.600. The third-order valence-electron chi connectivity index (χ3n) is 1.24. The van der Waals surface area contributed by atoms with E-state index >= 15 is 0 Å². The van der Waals surface area contributed by atoms with E-state index in [2.05, 4.69) is 4.99 Å². The number of carboxylic acid groups (broad SMARTS) is 1. The van der Waals surface area contributed by atoms with Crippen LogP contribution in [0.3, 0.4) is 0 Å². The van der Waals surface area contributed by atoms with Crippen molar-refractivity contribution in [3.63, 3.8) is 0 Å². The Labute approximate surface area is 64.1 Å². The van der Waals surface area contributed by atoms with Crippen LogP contribution in [0.2, 0.25) is 0 Å². The number of carboxylic acids is 1. The van der Waals surface area contributed by atoms with E-state index in [-0.39, 0.29) is 12.4 Å². The van der Waals surface area contributed by atoms with Crippen molar-refractivity contribution in [1.82, 2.24) is 0 Å². The lowest BCUT2D eigenvalue weighted by molar-refractivity contribution is -0.143. The van der Waals surface area contributed by atoms with Crippen LogP contribution in [0.15, 0.2) is 4.99 Å². The smallest absolute Gasteiger partial charge is 0.346 e. The summed E-state index contributed by atoms with van der Waals surface area (Å²) in [7, 11) is 0. The molecule has 64 valence electrons. The number of aliphatic imine (C=N–C) groups is 1. The molecule has 0 aliphatic heterocycles. The maximum Gasteiger partial charge on any atom is 0.346 e. The Morgan fingerprint density at radius 1 is 1.64 bits per heavy atom.